The number of nitrogens with two attached hydrogens (primary N) is 1. The Labute approximate surface area is 144 Å². The van der Waals surface area contributed by atoms with Crippen LogP contribution in [-0.4, -0.2) is 47.3 Å². The molecular formula is C16H18N6O3. The van der Waals surface area contributed by atoms with E-state index in [1.54, 1.807) is 6.07 Å². The molecule has 1 saturated heterocycles. The molecule has 0 unspecified atom stereocenters. The second-order valence-electron chi connectivity index (χ2n) is 6.12. The monoisotopic (exact) mass is 342 g/mol. The number of imide groups is 1. The van der Waals surface area contributed by atoms with Crippen LogP contribution in [0.2, 0.25) is 0 Å². The first-order chi connectivity index (χ1) is 12.0. The number of hydrogen-bond donors (Lipinski definition) is 2. The molecule has 1 spiro atoms. The van der Waals surface area contributed by atoms with E-state index in [0.717, 1.165) is 19.0 Å². The Kier molecular flexibility index (Phi) is 4.37. The molecule has 3 N–H and O–H groups in total. The van der Waals surface area contributed by atoms with Gasteiger partial charge in [0.05, 0.1) is 23.5 Å². The lowest BCUT2D eigenvalue weighted by molar-refractivity contribution is -0.126. The van der Waals surface area contributed by atoms with Crippen LogP contribution in [0.25, 0.3) is 5.57 Å². The zero-order valence-corrected chi connectivity index (χ0v) is 13.8. The zero-order chi connectivity index (χ0) is 18.0. The highest BCUT2D eigenvalue weighted by Crippen LogP contribution is 2.43. The average molecular weight is 342 g/mol. The number of nitrogens with zero attached hydrogens (tertiary/aromatic N) is 4. The van der Waals surface area contributed by atoms with Crippen molar-refractivity contribution in [2.75, 3.05) is 24.6 Å². The molecule has 9 nitrogen and oxygen atoms in total. The number of amides is 2. The van der Waals surface area contributed by atoms with Gasteiger partial charge < -0.3 is 15.4 Å². The molecule has 130 valence electrons. The molecule has 1 saturated carbocycles. The number of rotatable bonds is 3. The van der Waals surface area contributed by atoms with Gasteiger partial charge in [0.25, 0.3) is 5.91 Å². The summed E-state index contributed by atoms with van der Waals surface area (Å²) in [7, 11) is 0. The molecule has 1 aromatic heterocycles. The minimum atomic E-state index is -0.666. The Morgan fingerprint density at radius 3 is 2.84 bits per heavy atom. The van der Waals surface area contributed by atoms with Crippen LogP contribution < -0.4 is 16.0 Å². The van der Waals surface area contributed by atoms with E-state index >= 15 is 0 Å². The van der Waals surface area contributed by atoms with Gasteiger partial charge in [-0.3, -0.25) is 14.9 Å². The van der Waals surface area contributed by atoms with E-state index in [1.807, 2.05) is 11.0 Å². The van der Waals surface area contributed by atoms with E-state index in [0.29, 0.717) is 25.4 Å². The summed E-state index contributed by atoms with van der Waals surface area (Å²) in [6.07, 6.45) is 3.05. The summed E-state index contributed by atoms with van der Waals surface area (Å²) in [6, 6.07) is 3.63. The molecule has 0 bridgehead atoms. The van der Waals surface area contributed by atoms with E-state index < -0.39 is 11.8 Å². The fourth-order valence-corrected chi connectivity index (χ4v) is 2.83. The molecule has 3 rings (SSSR count). The first kappa shape index (κ1) is 16.9. The zero-order valence-electron chi connectivity index (χ0n) is 13.8. The van der Waals surface area contributed by atoms with Gasteiger partial charge in [-0.2, -0.15) is 5.26 Å². The average Bonchev–Trinajstić information content (AvgIpc) is 3.33. The Bertz CT molecular complexity index is 794. The summed E-state index contributed by atoms with van der Waals surface area (Å²) in [4.78, 5) is 25.2. The Morgan fingerprint density at radius 2 is 2.24 bits per heavy atom. The molecule has 25 heavy (non-hydrogen) atoms. The van der Waals surface area contributed by atoms with Gasteiger partial charge in [-0.15, -0.1) is 10.2 Å². The number of carbonyl (C=O) groups is 2. The number of ether oxygens (including phenoxy) is 1. The van der Waals surface area contributed by atoms with Crippen molar-refractivity contribution >= 4 is 23.1 Å². The van der Waals surface area contributed by atoms with Gasteiger partial charge >= 0.3 is 0 Å². The summed E-state index contributed by atoms with van der Waals surface area (Å²) in [6.45, 7) is 3.06. The second-order valence-corrected chi connectivity index (χ2v) is 6.12. The summed E-state index contributed by atoms with van der Waals surface area (Å²) >= 11 is 0. The molecule has 0 atom stereocenters. The van der Waals surface area contributed by atoms with Crippen LogP contribution >= 0.6 is 0 Å². The van der Waals surface area contributed by atoms with Crippen molar-refractivity contribution in [1.82, 2.24) is 15.5 Å². The third kappa shape index (κ3) is 3.44. The van der Waals surface area contributed by atoms with Crippen LogP contribution in [0.3, 0.4) is 0 Å². The van der Waals surface area contributed by atoms with Crippen molar-refractivity contribution in [2.45, 2.75) is 25.4 Å². The maximum absolute atomic E-state index is 12.1. The van der Waals surface area contributed by atoms with Gasteiger partial charge in [0.15, 0.2) is 5.69 Å². The van der Waals surface area contributed by atoms with Crippen LogP contribution in [0.4, 0.5) is 5.69 Å². The van der Waals surface area contributed by atoms with Crippen molar-refractivity contribution in [1.29, 1.82) is 5.26 Å². The number of morpholine rings is 1. The van der Waals surface area contributed by atoms with E-state index in [9.17, 15) is 14.9 Å². The maximum Gasteiger partial charge on any atom is 0.261 e. The second kappa shape index (κ2) is 6.49. The predicted octanol–water partition coefficient (Wildman–Crippen LogP) is -0.320. The molecule has 1 aromatic rings. The normalized spacial score (nSPS) is 18.6. The Morgan fingerprint density at radius 1 is 1.48 bits per heavy atom. The topological polar surface area (TPSA) is 134 Å². The van der Waals surface area contributed by atoms with Crippen molar-refractivity contribution in [2.24, 2.45) is 5.73 Å². The third-order valence-electron chi connectivity index (χ3n) is 4.25. The number of aromatic nitrogens is 2. The first-order valence-corrected chi connectivity index (χ1v) is 7.89. The number of nitrogens with one attached hydrogen (secondary N) is 1. The molecule has 1 aliphatic carbocycles. The molecule has 0 aromatic carbocycles. The standard InChI is InChI=1S/C16H18N6O3/c1-10(23)19-15(24)11(7-17)12-6-14(13(8-18)21-20-12)22-4-5-25-16(9-22)2-3-16/h6-7H,2-5,9,17H2,1H3,(H,19,23,24)/b11-7-. The predicted molar refractivity (Wildman–Crippen MR) is 87.9 cm³/mol. The van der Waals surface area contributed by atoms with E-state index in [-0.39, 0.29) is 22.6 Å². The van der Waals surface area contributed by atoms with E-state index in [4.69, 9.17) is 10.5 Å². The first-order valence-electron chi connectivity index (χ1n) is 7.89. The molecule has 2 aliphatic rings. The molecule has 0 radical (unpaired) electrons. The van der Waals surface area contributed by atoms with Crippen molar-refractivity contribution in [3.05, 3.63) is 23.7 Å². The van der Waals surface area contributed by atoms with Gasteiger partial charge in [0.1, 0.15) is 11.8 Å². The minimum Gasteiger partial charge on any atom is -0.404 e. The van der Waals surface area contributed by atoms with E-state index in [2.05, 4.69) is 15.5 Å². The fraction of sp³-hybridized carbons (Fsp3) is 0.438. The van der Waals surface area contributed by atoms with Gasteiger partial charge in [0, 0.05) is 26.2 Å². The maximum atomic E-state index is 12.1. The lowest BCUT2D eigenvalue weighted by Crippen LogP contribution is -2.44. The summed E-state index contributed by atoms with van der Waals surface area (Å²) in [5.74, 6) is -1.17. The third-order valence-corrected chi connectivity index (χ3v) is 4.25. The van der Waals surface area contributed by atoms with Crippen LogP contribution in [0.15, 0.2) is 12.3 Å². The number of carbonyl (C=O) groups excluding carboxylic acids is 2. The largest absolute Gasteiger partial charge is 0.404 e. The number of hydrogen-bond acceptors (Lipinski definition) is 8. The van der Waals surface area contributed by atoms with Gasteiger partial charge in [0.2, 0.25) is 5.91 Å². The Hall–Kier alpha value is -2.99. The highest BCUT2D eigenvalue weighted by Gasteiger charge is 2.47. The van der Waals surface area contributed by atoms with E-state index in [1.165, 1.54) is 6.92 Å². The van der Waals surface area contributed by atoms with Crippen molar-refractivity contribution in [3.63, 3.8) is 0 Å². The quantitative estimate of drug-likeness (QED) is 0.714. The molecular weight excluding hydrogens is 324 g/mol. The fourth-order valence-electron chi connectivity index (χ4n) is 2.83. The lowest BCUT2D eigenvalue weighted by Gasteiger charge is -2.35. The molecule has 9 heteroatoms. The van der Waals surface area contributed by atoms with Crippen LogP contribution in [-0.2, 0) is 14.3 Å². The SMILES string of the molecule is CC(=O)NC(=O)/C(=C\N)c1cc(N2CCOC3(CC3)C2)c(C#N)nn1. The molecule has 2 fully saturated rings. The molecule has 2 amide bonds. The number of nitriles is 1. The minimum absolute atomic E-state index is 0.0165. The molecule has 2 heterocycles. The summed E-state index contributed by atoms with van der Waals surface area (Å²) in [5.41, 5.74) is 6.37. The number of anilines is 1. The smallest absolute Gasteiger partial charge is 0.261 e. The molecule has 1 aliphatic heterocycles. The summed E-state index contributed by atoms with van der Waals surface area (Å²) < 4.78 is 5.79. The van der Waals surface area contributed by atoms with Crippen molar-refractivity contribution < 1.29 is 14.3 Å². The van der Waals surface area contributed by atoms with Gasteiger partial charge in [-0.25, -0.2) is 0 Å². The van der Waals surface area contributed by atoms with Crippen LogP contribution in [0, 0.1) is 11.3 Å². The highest BCUT2D eigenvalue weighted by atomic mass is 16.5. The summed E-state index contributed by atoms with van der Waals surface area (Å²) in [5, 5.41) is 19.3. The van der Waals surface area contributed by atoms with Crippen LogP contribution in [0.5, 0.6) is 0 Å². The van der Waals surface area contributed by atoms with Crippen LogP contribution in [0.1, 0.15) is 31.2 Å². The van der Waals surface area contributed by atoms with Crippen molar-refractivity contribution in [3.8, 4) is 6.07 Å². The van der Waals surface area contributed by atoms with Gasteiger partial charge in [-0.1, -0.05) is 0 Å². The van der Waals surface area contributed by atoms with Gasteiger partial charge in [-0.05, 0) is 18.9 Å². The highest BCUT2D eigenvalue weighted by molar-refractivity contribution is 6.23. The Balaban J connectivity index is 1.93. The lowest BCUT2D eigenvalue weighted by atomic mass is 10.1.